The molecule has 0 aliphatic rings. The number of halogens is 1. The molecule has 27 heavy (non-hydrogen) atoms. The maximum atomic E-state index is 11.2. The zero-order valence-corrected chi connectivity index (χ0v) is 16.5. The molecule has 0 radical (unpaired) electrons. The zero-order valence-electron chi connectivity index (χ0n) is 15.7. The van der Waals surface area contributed by atoms with Crippen LogP contribution in [-0.4, -0.2) is 21.9 Å². The Bertz CT molecular complexity index is 1040. The molecule has 0 spiro atoms. The summed E-state index contributed by atoms with van der Waals surface area (Å²) >= 11 is 5.91. The fourth-order valence-corrected chi connectivity index (χ4v) is 3.50. The number of hydrogen-bond acceptors (Lipinski definition) is 2. The van der Waals surface area contributed by atoms with Gasteiger partial charge in [-0.05, 0) is 75.2 Å². The average Bonchev–Trinajstić information content (AvgIpc) is 2.86. The molecule has 1 heterocycles. The number of carboxylic acids is 1. The molecule has 3 aromatic rings. The predicted molar refractivity (Wildman–Crippen MR) is 110 cm³/mol. The molecule has 0 bridgehead atoms. The number of carboxylic acid groups (broad SMARTS) is 1. The van der Waals surface area contributed by atoms with Crippen LogP contribution in [0.25, 0.3) is 5.69 Å². The third-order valence-electron chi connectivity index (χ3n) is 4.47. The summed E-state index contributed by atoms with van der Waals surface area (Å²) in [5, 5.41) is 9.39. The van der Waals surface area contributed by atoms with Crippen LogP contribution in [0.3, 0.4) is 0 Å². The molecule has 1 N–H and O–H groups in total. The van der Waals surface area contributed by atoms with Crippen LogP contribution >= 0.6 is 11.6 Å². The van der Waals surface area contributed by atoms with Crippen molar-refractivity contribution in [2.45, 2.75) is 27.7 Å². The van der Waals surface area contributed by atoms with Gasteiger partial charge in [-0.1, -0.05) is 17.7 Å². The Hall–Kier alpha value is -2.85. The number of aliphatic imine (C=N–C) groups is 1. The lowest BCUT2D eigenvalue weighted by Gasteiger charge is -2.11. The van der Waals surface area contributed by atoms with E-state index in [1.54, 1.807) is 18.3 Å². The number of carbonyl (C=O) groups is 1. The first-order valence-corrected chi connectivity index (χ1v) is 8.98. The van der Waals surface area contributed by atoms with E-state index in [0.717, 1.165) is 22.6 Å². The van der Waals surface area contributed by atoms with E-state index in [1.807, 2.05) is 0 Å². The normalized spacial score (nSPS) is 11.3. The third kappa shape index (κ3) is 3.96. The van der Waals surface area contributed by atoms with E-state index in [-0.39, 0.29) is 10.6 Å². The first-order valence-electron chi connectivity index (χ1n) is 8.61. The van der Waals surface area contributed by atoms with Gasteiger partial charge in [0.2, 0.25) is 0 Å². The highest BCUT2D eigenvalue weighted by molar-refractivity contribution is 6.33. The molecule has 0 atom stereocenters. The molecule has 2 aromatic carbocycles. The Morgan fingerprint density at radius 2 is 1.70 bits per heavy atom. The van der Waals surface area contributed by atoms with Crippen molar-refractivity contribution >= 4 is 29.5 Å². The number of rotatable bonds is 4. The summed E-state index contributed by atoms with van der Waals surface area (Å²) in [6, 6.07) is 13.3. The highest BCUT2D eigenvalue weighted by Gasteiger charge is 2.11. The quantitative estimate of drug-likeness (QED) is 0.580. The van der Waals surface area contributed by atoms with Crippen LogP contribution in [0.15, 0.2) is 47.5 Å². The molecule has 0 aliphatic heterocycles. The van der Waals surface area contributed by atoms with Crippen LogP contribution in [0.5, 0.6) is 0 Å². The molecule has 4 nitrogen and oxygen atoms in total. The van der Waals surface area contributed by atoms with Crippen LogP contribution in [-0.2, 0) is 0 Å². The summed E-state index contributed by atoms with van der Waals surface area (Å²) in [5.74, 6) is -1.06. The summed E-state index contributed by atoms with van der Waals surface area (Å²) in [6.45, 7) is 8.30. The van der Waals surface area contributed by atoms with E-state index in [0.29, 0.717) is 5.69 Å². The van der Waals surface area contributed by atoms with Gasteiger partial charge in [-0.2, -0.15) is 0 Å². The average molecular weight is 381 g/mol. The molecule has 5 heteroatoms. The van der Waals surface area contributed by atoms with Gasteiger partial charge < -0.3 is 9.67 Å². The Balaban J connectivity index is 1.99. The Morgan fingerprint density at radius 3 is 2.33 bits per heavy atom. The monoisotopic (exact) mass is 380 g/mol. The zero-order chi connectivity index (χ0) is 19.7. The van der Waals surface area contributed by atoms with E-state index in [4.69, 9.17) is 11.6 Å². The van der Waals surface area contributed by atoms with E-state index < -0.39 is 5.97 Å². The van der Waals surface area contributed by atoms with Gasteiger partial charge >= 0.3 is 5.97 Å². The van der Waals surface area contributed by atoms with Crippen LogP contribution in [0.4, 0.5) is 5.69 Å². The largest absolute Gasteiger partial charge is 0.478 e. The van der Waals surface area contributed by atoms with Crippen molar-refractivity contribution in [3.8, 4) is 5.69 Å². The van der Waals surface area contributed by atoms with Crippen molar-refractivity contribution in [1.29, 1.82) is 0 Å². The summed E-state index contributed by atoms with van der Waals surface area (Å²) in [5.41, 5.74) is 7.33. The molecule has 0 fully saturated rings. The molecule has 3 rings (SSSR count). The minimum Gasteiger partial charge on any atom is -0.478 e. The number of aryl methyl sites for hydroxylation is 3. The number of hydrogen-bond donors (Lipinski definition) is 1. The summed E-state index contributed by atoms with van der Waals surface area (Å²) in [6.07, 6.45) is 1.76. The molecular weight excluding hydrogens is 360 g/mol. The van der Waals surface area contributed by atoms with Gasteiger partial charge in [0.15, 0.2) is 0 Å². The number of aromatic nitrogens is 1. The number of aromatic carboxylic acids is 1. The second-order valence-electron chi connectivity index (χ2n) is 6.74. The smallest absolute Gasteiger partial charge is 0.337 e. The molecule has 0 saturated heterocycles. The Kier molecular flexibility index (Phi) is 5.19. The topological polar surface area (TPSA) is 54.6 Å². The lowest BCUT2D eigenvalue weighted by molar-refractivity contribution is 0.0697. The Morgan fingerprint density at radius 1 is 1.04 bits per heavy atom. The standard InChI is InChI=1S/C22H21ClN2O2/c1-13-7-14(2)9-19(8-13)25-15(3)10-17(16(25)4)12-24-18-5-6-21(23)20(11-18)22(26)27/h5-12H,1-4H3,(H,26,27). The number of benzene rings is 2. The van der Waals surface area contributed by atoms with Crippen molar-refractivity contribution in [3.05, 3.63) is 81.1 Å². The van der Waals surface area contributed by atoms with Crippen molar-refractivity contribution in [2.24, 2.45) is 4.99 Å². The highest BCUT2D eigenvalue weighted by atomic mass is 35.5. The van der Waals surface area contributed by atoms with Crippen LogP contribution in [0.2, 0.25) is 5.02 Å². The van der Waals surface area contributed by atoms with Gasteiger partial charge in [0.25, 0.3) is 0 Å². The number of nitrogens with zero attached hydrogens (tertiary/aromatic N) is 2. The maximum Gasteiger partial charge on any atom is 0.337 e. The summed E-state index contributed by atoms with van der Waals surface area (Å²) in [7, 11) is 0. The van der Waals surface area contributed by atoms with Gasteiger partial charge in [0.1, 0.15) is 0 Å². The second-order valence-corrected chi connectivity index (χ2v) is 7.14. The van der Waals surface area contributed by atoms with Crippen LogP contribution < -0.4 is 0 Å². The summed E-state index contributed by atoms with van der Waals surface area (Å²) in [4.78, 5) is 15.7. The van der Waals surface area contributed by atoms with E-state index in [9.17, 15) is 9.90 Å². The minimum atomic E-state index is -1.06. The van der Waals surface area contributed by atoms with Crippen molar-refractivity contribution in [2.75, 3.05) is 0 Å². The van der Waals surface area contributed by atoms with E-state index >= 15 is 0 Å². The lowest BCUT2D eigenvalue weighted by atomic mass is 10.1. The van der Waals surface area contributed by atoms with Crippen LogP contribution in [0.1, 0.15) is 38.4 Å². The van der Waals surface area contributed by atoms with Gasteiger partial charge in [-0.25, -0.2) is 4.79 Å². The van der Waals surface area contributed by atoms with Crippen molar-refractivity contribution < 1.29 is 9.90 Å². The van der Waals surface area contributed by atoms with Crippen molar-refractivity contribution in [3.63, 3.8) is 0 Å². The first-order chi connectivity index (χ1) is 12.8. The molecular formula is C22H21ClN2O2. The third-order valence-corrected chi connectivity index (χ3v) is 4.80. The van der Waals surface area contributed by atoms with Gasteiger partial charge in [0.05, 0.1) is 16.3 Å². The van der Waals surface area contributed by atoms with Crippen molar-refractivity contribution in [1.82, 2.24) is 4.57 Å². The van der Waals surface area contributed by atoms with E-state index in [2.05, 4.69) is 61.5 Å². The molecule has 0 saturated carbocycles. The predicted octanol–water partition coefficient (Wildman–Crippen LogP) is 5.81. The van der Waals surface area contributed by atoms with Gasteiger partial charge in [-0.15, -0.1) is 0 Å². The molecule has 138 valence electrons. The summed E-state index contributed by atoms with van der Waals surface area (Å²) < 4.78 is 2.20. The Labute approximate surface area is 163 Å². The fourth-order valence-electron chi connectivity index (χ4n) is 3.30. The molecule has 1 aromatic heterocycles. The van der Waals surface area contributed by atoms with Gasteiger partial charge in [-0.3, -0.25) is 4.99 Å². The molecule has 0 aliphatic carbocycles. The second kappa shape index (κ2) is 7.41. The molecule has 0 amide bonds. The lowest BCUT2D eigenvalue weighted by Crippen LogP contribution is -2.00. The van der Waals surface area contributed by atoms with Gasteiger partial charge in [0, 0.05) is 28.9 Å². The van der Waals surface area contributed by atoms with Crippen LogP contribution in [0, 0.1) is 27.7 Å². The highest BCUT2D eigenvalue weighted by Crippen LogP contribution is 2.24. The maximum absolute atomic E-state index is 11.2. The van der Waals surface area contributed by atoms with E-state index in [1.165, 1.54) is 17.2 Å². The fraction of sp³-hybridized carbons (Fsp3) is 0.182. The SMILES string of the molecule is Cc1cc(C)cc(-n2c(C)cc(C=Nc3ccc(Cl)c(C(=O)O)c3)c2C)c1. The molecule has 0 unspecified atom stereocenters. The minimum absolute atomic E-state index is 0.0482. The first kappa shape index (κ1) is 18.9.